The van der Waals surface area contributed by atoms with Crippen molar-refractivity contribution < 1.29 is 9.90 Å². The number of hydrogen-bond donors (Lipinski definition) is 1. The average Bonchev–Trinajstić information content (AvgIpc) is 2.72. The van der Waals surface area contributed by atoms with E-state index in [1.54, 1.807) is 10.3 Å². The van der Waals surface area contributed by atoms with Gasteiger partial charge in [0.05, 0.1) is 6.10 Å². The number of β-amino-alcohol motifs (C(OH)–C–C–N with tert-alkyl or cyclic N) is 1. The number of aliphatic hydroxyl groups excluding tert-OH is 1. The summed E-state index contributed by atoms with van der Waals surface area (Å²) in [6, 6.07) is 0. The van der Waals surface area contributed by atoms with Gasteiger partial charge in [-0.3, -0.25) is 4.79 Å². The number of aliphatic hydroxyl groups is 1. The van der Waals surface area contributed by atoms with Crippen LogP contribution in [0.1, 0.15) is 16.9 Å². The highest BCUT2D eigenvalue weighted by Crippen LogP contribution is 2.12. The van der Waals surface area contributed by atoms with Crippen LogP contribution in [0.2, 0.25) is 0 Å². The van der Waals surface area contributed by atoms with Crippen molar-refractivity contribution in [1.82, 2.24) is 14.5 Å². The van der Waals surface area contributed by atoms with Gasteiger partial charge >= 0.3 is 0 Å². The van der Waals surface area contributed by atoms with Gasteiger partial charge < -0.3 is 10.0 Å². The predicted molar refractivity (Wildman–Crippen MR) is 46.4 cm³/mol. The number of carbonyl (C=O) groups excluding carboxylic acids is 1. The van der Waals surface area contributed by atoms with Crippen molar-refractivity contribution in [3.8, 4) is 0 Å². The minimum absolute atomic E-state index is 0.134. The van der Waals surface area contributed by atoms with Crippen LogP contribution in [-0.4, -0.2) is 44.7 Å². The van der Waals surface area contributed by atoms with Gasteiger partial charge in [0.15, 0.2) is 5.69 Å². The molecule has 0 unspecified atom stereocenters. The maximum Gasteiger partial charge on any atom is 0.275 e. The fourth-order valence-electron chi connectivity index (χ4n) is 1.35. The van der Waals surface area contributed by atoms with Crippen molar-refractivity contribution in [3.05, 3.63) is 11.1 Å². The van der Waals surface area contributed by atoms with E-state index in [1.807, 2.05) is 0 Å². The predicted octanol–water partition coefficient (Wildman–Crippen LogP) is -0.255. The van der Waals surface area contributed by atoms with Crippen LogP contribution in [0, 0.1) is 0 Å². The first-order chi connectivity index (χ1) is 6.27. The van der Waals surface area contributed by atoms with Crippen LogP contribution in [0.5, 0.6) is 0 Å². The highest BCUT2D eigenvalue weighted by Gasteiger charge is 2.26. The van der Waals surface area contributed by atoms with Crippen molar-refractivity contribution in [1.29, 1.82) is 0 Å². The third-order valence-corrected chi connectivity index (χ3v) is 2.53. The minimum atomic E-state index is -0.379. The molecule has 1 aliphatic rings. The summed E-state index contributed by atoms with van der Waals surface area (Å²) in [6.07, 6.45) is 0.277. The Morgan fingerprint density at radius 1 is 1.77 bits per heavy atom. The molecule has 0 aliphatic carbocycles. The van der Waals surface area contributed by atoms with Crippen LogP contribution in [0.4, 0.5) is 0 Å². The number of amides is 1. The van der Waals surface area contributed by atoms with E-state index in [0.717, 1.165) is 11.5 Å². The van der Waals surface area contributed by atoms with Crippen LogP contribution in [0.15, 0.2) is 5.38 Å². The smallest absolute Gasteiger partial charge is 0.275 e. The van der Waals surface area contributed by atoms with Gasteiger partial charge in [-0.2, -0.15) is 0 Å². The maximum atomic E-state index is 11.6. The average molecular weight is 199 g/mol. The van der Waals surface area contributed by atoms with Gasteiger partial charge in [-0.05, 0) is 18.0 Å². The molecular formula is C7H9N3O2S. The second-order valence-electron chi connectivity index (χ2n) is 2.98. The first-order valence-corrected chi connectivity index (χ1v) is 4.85. The third kappa shape index (κ3) is 1.68. The SMILES string of the molecule is O=C(c1csnn1)N1CC[C@H](O)C1. The summed E-state index contributed by atoms with van der Waals surface area (Å²) in [5.74, 6) is -0.134. The Kier molecular flexibility index (Phi) is 2.24. The second-order valence-corrected chi connectivity index (χ2v) is 3.59. The van der Waals surface area contributed by atoms with E-state index in [0.29, 0.717) is 25.2 Å². The van der Waals surface area contributed by atoms with Gasteiger partial charge in [0.1, 0.15) is 0 Å². The fourth-order valence-corrected chi connectivity index (χ4v) is 1.78. The van der Waals surface area contributed by atoms with E-state index >= 15 is 0 Å². The zero-order valence-electron chi connectivity index (χ0n) is 6.88. The molecule has 2 heterocycles. The quantitative estimate of drug-likeness (QED) is 0.677. The zero-order chi connectivity index (χ0) is 9.26. The fraction of sp³-hybridized carbons (Fsp3) is 0.571. The summed E-state index contributed by atoms with van der Waals surface area (Å²) in [4.78, 5) is 13.2. The van der Waals surface area contributed by atoms with Gasteiger partial charge in [0.2, 0.25) is 0 Å². The molecule has 5 nitrogen and oxygen atoms in total. The molecule has 1 N–H and O–H groups in total. The summed E-state index contributed by atoms with van der Waals surface area (Å²) >= 11 is 1.16. The molecule has 0 saturated carbocycles. The minimum Gasteiger partial charge on any atom is -0.391 e. The second kappa shape index (κ2) is 3.39. The van der Waals surface area contributed by atoms with E-state index in [2.05, 4.69) is 9.59 Å². The topological polar surface area (TPSA) is 66.3 Å². The Morgan fingerprint density at radius 3 is 3.15 bits per heavy atom. The number of hydrogen-bond acceptors (Lipinski definition) is 5. The summed E-state index contributed by atoms with van der Waals surface area (Å²) in [5, 5.41) is 14.5. The lowest BCUT2D eigenvalue weighted by atomic mass is 10.3. The van der Waals surface area contributed by atoms with E-state index in [1.165, 1.54) is 0 Å². The Bertz CT molecular complexity index is 301. The van der Waals surface area contributed by atoms with E-state index in [4.69, 9.17) is 0 Å². The molecule has 0 spiro atoms. The molecule has 1 aliphatic heterocycles. The van der Waals surface area contributed by atoms with Crippen molar-refractivity contribution in [2.24, 2.45) is 0 Å². The van der Waals surface area contributed by atoms with Crippen molar-refractivity contribution in [2.45, 2.75) is 12.5 Å². The molecule has 1 saturated heterocycles. The summed E-state index contributed by atoms with van der Waals surface area (Å²) in [6.45, 7) is 1.02. The van der Waals surface area contributed by atoms with E-state index < -0.39 is 0 Å². The van der Waals surface area contributed by atoms with Gasteiger partial charge in [0, 0.05) is 18.5 Å². The Morgan fingerprint density at radius 2 is 2.62 bits per heavy atom. The van der Waals surface area contributed by atoms with Gasteiger partial charge in [-0.1, -0.05) is 4.49 Å². The highest BCUT2D eigenvalue weighted by atomic mass is 32.1. The van der Waals surface area contributed by atoms with Gasteiger partial charge in [-0.25, -0.2) is 0 Å². The summed E-state index contributed by atoms with van der Waals surface area (Å²) < 4.78 is 3.62. The molecule has 0 radical (unpaired) electrons. The highest BCUT2D eigenvalue weighted by molar-refractivity contribution is 7.03. The lowest BCUT2D eigenvalue weighted by Gasteiger charge is -2.12. The molecule has 1 aromatic heterocycles. The Hall–Kier alpha value is -1.01. The van der Waals surface area contributed by atoms with E-state index in [9.17, 15) is 9.90 Å². The molecule has 1 atom stereocenters. The lowest BCUT2D eigenvalue weighted by molar-refractivity contribution is 0.0759. The van der Waals surface area contributed by atoms with Crippen molar-refractivity contribution in [2.75, 3.05) is 13.1 Å². The summed E-state index contributed by atoms with van der Waals surface area (Å²) in [7, 11) is 0. The number of likely N-dealkylation sites (tertiary alicyclic amines) is 1. The molecule has 70 valence electrons. The van der Waals surface area contributed by atoms with Crippen LogP contribution >= 0.6 is 11.5 Å². The molecule has 1 fully saturated rings. The zero-order valence-corrected chi connectivity index (χ0v) is 7.70. The number of aromatic nitrogens is 2. The van der Waals surface area contributed by atoms with Crippen LogP contribution < -0.4 is 0 Å². The molecule has 2 rings (SSSR count). The number of nitrogens with zero attached hydrogens (tertiary/aromatic N) is 3. The van der Waals surface area contributed by atoms with Gasteiger partial charge in [0.25, 0.3) is 5.91 Å². The summed E-state index contributed by atoms with van der Waals surface area (Å²) in [5.41, 5.74) is 0.374. The number of carbonyl (C=O) groups is 1. The molecule has 1 amide bonds. The van der Waals surface area contributed by atoms with Crippen LogP contribution in [-0.2, 0) is 0 Å². The molecule has 6 heteroatoms. The third-order valence-electron chi connectivity index (χ3n) is 2.03. The molecular weight excluding hydrogens is 190 g/mol. The number of rotatable bonds is 1. The first kappa shape index (κ1) is 8.58. The molecule has 1 aromatic rings. The maximum absolute atomic E-state index is 11.6. The van der Waals surface area contributed by atoms with Crippen molar-refractivity contribution >= 4 is 17.4 Å². The Balaban J connectivity index is 2.06. The first-order valence-electron chi connectivity index (χ1n) is 4.02. The lowest BCUT2D eigenvalue weighted by Crippen LogP contribution is -2.29. The standard InChI is InChI=1S/C7H9N3O2S/c11-5-1-2-10(3-5)7(12)6-4-13-9-8-6/h4-5,11H,1-3H2/t5-/m0/s1. The molecule has 13 heavy (non-hydrogen) atoms. The monoisotopic (exact) mass is 199 g/mol. The van der Waals surface area contributed by atoms with Gasteiger partial charge in [-0.15, -0.1) is 5.10 Å². The normalized spacial score (nSPS) is 22.2. The molecule has 0 bridgehead atoms. The van der Waals surface area contributed by atoms with Crippen molar-refractivity contribution in [3.63, 3.8) is 0 Å². The largest absolute Gasteiger partial charge is 0.391 e. The molecule has 0 aromatic carbocycles. The van der Waals surface area contributed by atoms with Crippen LogP contribution in [0.3, 0.4) is 0 Å². The van der Waals surface area contributed by atoms with E-state index in [-0.39, 0.29) is 12.0 Å². The van der Waals surface area contributed by atoms with Crippen LogP contribution in [0.25, 0.3) is 0 Å². The Labute approximate surface area is 79.2 Å².